The number of nitrogens with two attached hydrogens (primary N) is 1. The molecule has 1 saturated carbocycles. The Kier molecular flexibility index (Phi) is 6.46. The number of nitrogens with one attached hydrogen (secondary N) is 1. The molecule has 0 radical (unpaired) electrons. The van der Waals surface area contributed by atoms with Crippen molar-refractivity contribution < 1.29 is 4.79 Å². The maximum atomic E-state index is 11.7. The number of rotatable bonds is 6. The molecule has 1 aromatic rings. The molecular formula is C12H18ClN3OS. The third kappa shape index (κ3) is 4.84. The minimum atomic E-state index is 0. The molecule has 1 atom stereocenters. The predicted octanol–water partition coefficient (Wildman–Crippen LogP) is 1.45. The van der Waals surface area contributed by atoms with E-state index in [4.69, 9.17) is 5.73 Å². The van der Waals surface area contributed by atoms with Crippen LogP contribution in [-0.4, -0.2) is 29.2 Å². The first kappa shape index (κ1) is 15.3. The molecule has 1 aliphatic carbocycles. The molecule has 0 spiro atoms. The average molecular weight is 288 g/mol. The van der Waals surface area contributed by atoms with Crippen LogP contribution < -0.4 is 11.1 Å². The number of hydrogen-bond donors (Lipinski definition) is 2. The highest BCUT2D eigenvalue weighted by atomic mass is 35.5. The Morgan fingerprint density at radius 1 is 1.50 bits per heavy atom. The Labute approximate surface area is 118 Å². The second kappa shape index (κ2) is 7.61. The first-order valence-corrected chi connectivity index (χ1v) is 6.80. The zero-order valence-electron chi connectivity index (χ0n) is 10.0. The normalized spacial score (nSPS) is 15.6. The maximum absolute atomic E-state index is 11.7. The third-order valence-corrected chi connectivity index (χ3v) is 3.82. The predicted molar refractivity (Wildman–Crippen MR) is 75.9 cm³/mol. The topological polar surface area (TPSA) is 68.0 Å². The van der Waals surface area contributed by atoms with Crippen molar-refractivity contribution in [1.29, 1.82) is 0 Å². The van der Waals surface area contributed by atoms with Gasteiger partial charge >= 0.3 is 0 Å². The van der Waals surface area contributed by atoms with Gasteiger partial charge in [0.05, 0.1) is 5.75 Å². The molecule has 1 fully saturated rings. The summed E-state index contributed by atoms with van der Waals surface area (Å²) in [5.41, 5.74) is 5.64. The van der Waals surface area contributed by atoms with Gasteiger partial charge in [-0.3, -0.25) is 9.78 Å². The average Bonchev–Trinajstić information content (AvgIpc) is 3.19. The molecular weight excluding hydrogens is 270 g/mol. The number of carbonyl (C=O) groups excluding carboxylic acids is 1. The smallest absolute Gasteiger partial charge is 0.230 e. The molecule has 0 saturated heterocycles. The van der Waals surface area contributed by atoms with Gasteiger partial charge in [-0.2, -0.15) is 0 Å². The lowest BCUT2D eigenvalue weighted by Crippen LogP contribution is -2.42. The summed E-state index contributed by atoms with van der Waals surface area (Å²) < 4.78 is 0. The van der Waals surface area contributed by atoms with Crippen LogP contribution in [0.15, 0.2) is 29.4 Å². The number of hydrogen-bond acceptors (Lipinski definition) is 4. The van der Waals surface area contributed by atoms with E-state index in [9.17, 15) is 4.79 Å². The summed E-state index contributed by atoms with van der Waals surface area (Å²) in [7, 11) is 0. The molecule has 4 nitrogen and oxygen atoms in total. The number of carbonyl (C=O) groups is 1. The van der Waals surface area contributed by atoms with E-state index in [1.807, 2.05) is 12.1 Å². The Hall–Kier alpha value is -0.780. The SMILES string of the molecule is Cl.NCC(NC(=O)CSc1ccncc1)C1CC1. The van der Waals surface area contributed by atoms with E-state index in [1.54, 1.807) is 12.4 Å². The molecule has 18 heavy (non-hydrogen) atoms. The molecule has 6 heteroatoms. The Balaban J connectivity index is 0.00000162. The molecule has 0 aromatic carbocycles. The Bertz CT molecular complexity index is 373. The number of pyridine rings is 1. The molecule has 1 heterocycles. The van der Waals surface area contributed by atoms with Crippen molar-refractivity contribution in [3.8, 4) is 0 Å². The quantitative estimate of drug-likeness (QED) is 0.777. The first-order valence-electron chi connectivity index (χ1n) is 5.82. The zero-order chi connectivity index (χ0) is 12.1. The van der Waals surface area contributed by atoms with Gasteiger partial charge in [0, 0.05) is 29.9 Å². The molecule has 0 aliphatic heterocycles. The van der Waals surface area contributed by atoms with E-state index in [1.165, 1.54) is 24.6 Å². The van der Waals surface area contributed by atoms with Crippen molar-refractivity contribution in [2.24, 2.45) is 11.7 Å². The van der Waals surface area contributed by atoms with E-state index in [0.29, 0.717) is 18.2 Å². The highest BCUT2D eigenvalue weighted by molar-refractivity contribution is 8.00. The van der Waals surface area contributed by atoms with E-state index in [-0.39, 0.29) is 24.4 Å². The second-order valence-corrected chi connectivity index (χ2v) is 5.27. The largest absolute Gasteiger partial charge is 0.351 e. The number of amides is 1. The minimum Gasteiger partial charge on any atom is -0.351 e. The molecule has 1 aliphatic rings. The van der Waals surface area contributed by atoms with Gasteiger partial charge in [-0.1, -0.05) is 0 Å². The van der Waals surface area contributed by atoms with Gasteiger partial charge < -0.3 is 11.1 Å². The third-order valence-electron chi connectivity index (χ3n) is 2.81. The highest BCUT2D eigenvalue weighted by Gasteiger charge is 2.31. The fourth-order valence-electron chi connectivity index (χ4n) is 1.70. The van der Waals surface area contributed by atoms with Crippen LogP contribution in [0.4, 0.5) is 0 Å². The van der Waals surface area contributed by atoms with E-state index in [2.05, 4.69) is 10.3 Å². The van der Waals surface area contributed by atoms with E-state index in [0.717, 1.165) is 4.90 Å². The van der Waals surface area contributed by atoms with Crippen LogP contribution in [0.1, 0.15) is 12.8 Å². The van der Waals surface area contributed by atoms with Crippen LogP contribution in [-0.2, 0) is 4.79 Å². The van der Waals surface area contributed by atoms with Gasteiger partial charge in [0.2, 0.25) is 5.91 Å². The molecule has 3 N–H and O–H groups in total. The molecule has 1 aromatic heterocycles. The lowest BCUT2D eigenvalue weighted by Gasteiger charge is -2.15. The van der Waals surface area contributed by atoms with Crippen LogP contribution in [0.5, 0.6) is 0 Å². The lowest BCUT2D eigenvalue weighted by molar-refractivity contribution is -0.119. The number of halogens is 1. The van der Waals surface area contributed by atoms with E-state index >= 15 is 0 Å². The summed E-state index contributed by atoms with van der Waals surface area (Å²) in [4.78, 5) is 16.7. The van der Waals surface area contributed by atoms with Crippen LogP contribution in [0.2, 0.25) is 0 Å². The molecule has 1 amide bonds. The van der Waals surface area contributed by atoms with E-state index < -0.39 is 0 Å². The van der Waals surface area contributed by atoms with Gasteiger partial charge in [-0.25, -0.2) is 0 Å². The summed E-state index contributed by atoms with van der Waals surface area (Å²) in [5.74, 6) is 1.11. The number of thioether (sulfide) groups is 1. The molecule has 0 bridgehead atoms. The Morgan fingerprint density at radius 3 is 2.72 bits per heavy atom. The summed E-state index contributed by atoms with van der Waals surface area (Å²) in [5, 5.41) is 3.00. The highest BCUT2D eigenvalue weighted by Crippen LogP contribution is 2.32. The summed E-state index contributed by atoms with van der Waals surface area (Å²) in [6.45, 7) is 0.538. The van der Waals surface area contributed by atoms with Gasteiger partial charge in [0.25, 0.3) is 0 Å². The first-order chi connectivity index (χ1) is 8.29. The van der Waals surface area contributed by atoms with Crippen molar-refractivity contribution in [2.75, 3.05) is 12.3 Å². The van der Waals surface area contributed by atoms with Crippen LogP contribution >= 0.6 is 24.2 Å². The van der Waals surface area contributed by atoms with Crippen LogP contribution in [0.3, 0.4) is 0 Å². The van der Waals surface area contributed by atoms with Crippen molar-refractivity contribution in [3.63, 3.8) is 0 Å². The Morgan fingerprint density at radius 2 is 2.17 bits per heavy atom. The van der Waals surface area contributed by atoms with Gasteiger partial charge in [-0.15, -0.1) is 24.2 Å². The van der Waals surface area contributed by atoms with Crippen molar-refractivity contribution >= 4 is 30.1 Å². The maximum Gasteiger partial charge on any atom is 0.230 e. The van der Waals surface area contributed by atoms with Crippen molar-refractivity contribution in [2.45, 2.75) is 23.8 Å². The van der Waals surface area contributed by atoms with Crippen LogP contribution in [0, 0.1) is 5.92 Å². The van der Waals surface area contributed by atoms with Crippen LogP contribution in [0.25, 0.3) is 0 Å². The minimum absolute atomic E-state index is 0. The second-order valence-electron chi connectivity index (χ2n) is 4.22. The fourth-order valence-corrected chi connectivity index (χ4v) is 2.39. The fraction of sp³-hybridized carbons (Fsp3) is 0.500. The van der Waals surface area contributed by atoms with Gasteiger partial charge in [-0.05, 0) is 30.9 Å². The summed E-state index contributed by atoms with van der Waals surface area (Å²) in [6, 6.07) is 3.97. The molecule has 100 valence electrons. The molecule has 1 unspecified atom stereocenters. The lowest BCUT2D eigenvalue weighted by atomic mass is 10.2. The number of nitrogens with zero attached hydrogens (tertiary/aromatic N) is 1. The van der Waals surface area contributed by atoms with Gasteiger partial charge in [0.15, 0.2) is 0 Å². The molecule has 2 rings (SSSR count). The zero-order valence-corrected chi connectivity index (χ0v) is 11.7. The van der Waals surface area contributed by atoms with Crippen molar-refractivity contribution in [1.82, 2.24) is 10.3 Å². The standard InChI is InChI=1S/C12H17N3OS.ClH/c13-7-11(9-1-2-9)15-12(16)8-17-10-3-5-14-6-4-10;/h3-6,9,11H,1-2,7-8,13H2,(H,15,16);1H. The summed E-state index contributed by atoms with van der Waals surface area (Å²) in [6.07, 6.45) is 5.85. The summed E-state index contributed by atoms with van der Waals surface area (Å²) >= 11 is 1.52. The van der Waals surface area contributed by atoms with Crippen molar-refractivity contribution in [3.05, 3.63) is 24.5 Å². The van der Waals surface area contributed by atoms with Gasteiger partial charge in [0.1, 0.15) is 0 Å². The number of aromatic nitrogens is 1. The monoisotopic (exact) mass is 287 g/mol.